The van der Waals surface area contributed by atoms with Crippen LogP contribution in [0.5, 0.6) is 5.75 Å². The Balaban J connectivity index is 2.57. The number of carboxylic acids is 1. The van der Waals surface area contributed by atoms with Crippen molar-refractivity contribution in [3.05, 3.63) is 24.3 Å². The van der Waals surface area contributed by atoms with Gasteiger partial charge in [0.25, 0.3) is 0 Å². The molecule has 2 N–H and O–H groups in total. The van der Waals surface area contributed by atoms with Crippen LogP contribution in [0.1, 0.15) is 20.3 Å². The first kappa shape index (κ1) is 17.0. The van der Waals surface area contributed by atoms with E-state index in [0.29, 0.717) is 31.1 Å². The second-order valence-electron chi connectivity index (χ2n) is 4.49. The van der Waals surface area contributed by atoms with E-state index >= 15 is 0 Å². The maximum absolute atomic E-state index is 12.0. The normalized spacial score (nSPS) is 10.4. The smallest absolute Gasteiger partial charge is 0.304 e. The molecule has 0 bridgehead atoms. The van der Waals surface area contributed by atoms with Crippen molar-refractivity contribution in [1.29, 1.82) is 0 Å². The van der Waals surface area contributed by atoms with Crippen molar-refractivity contribution in [2.24, 2.45) is 0 Å². The largest absolute Gasteiger partial charge is 0.492 e. The molecule has 1 rings (SSSR count). The summed E-state index contributed by atoms with van der Waals surface area (Å²) in [4.78, 5) is 24.4. The van der Waals surface area contributed by atoms with E-state index in [4.69, 9.17) is 9.84 Å². The summed E-state index contributed by atoms with van der Waals surface area (Å²) in [6, 6.07) is 7.23. The second-order valence-corrected chi connectivity index (χ2v) is 4.49. The highest BCUT2D eigenvalue weighted by molar-refractivity contribution is 5.93. The molecule has 21 heavy (non-hydrogen) atoms. The van der Waals surface area contributed by atoms with Gasteiger partial charge in [-0.15, -0.1) is 0 Å². The predicted molar refractivity (Wildman–Crippen MR) is 80.6 cm³/mol. The SMILES string of the molecule is CCOc1ccccc1NC(=O)CN(CC)CCC(=O)O. The van der Waals surface area contributed by atoms with Crippen molar-refractivity contribution in [3.8, 4) is 5.75 Å². The van der Waals surface area contributed by atoms with Crippen LogP contribution in [-0.2, 0) is 9.59 Å². The Morgan fingerprint density at radius 3 is 2.62 bits per heavy atom. The fraction of sp³-hybridized carbons (Fsp3) is 0.467. The molecular formula is C15H22N2O4. The highest BCUT2D eigenvalue weighted by Crippen LogP contribution is 2.23. The Bertz CT molecular complexity index is 476. The zero-order valence-corrected chi connectivity index (χ0v) is 12.5. The van der Waals surface area contributed by atoms with E-state index in [1.54, 1.807) is 17.0 Å². The number of anilines is 1. The Labute approximate surface area is 124 Å². The molecule has 1 amide bonds. The number of nitrogens with one attached hydrogen (secondary N) is 1. The van der Waals surface area contributed by atoms with E-state index in [1.165, 1.54) is 0 Å². The Hall–Kier alpha value is -2.08. The molecule has 0 aliphatic carbocycles. The first-order valence-electron chi connectivity index (χ1n) is 7.02. The van der Waals surface area contributed by atoms with Crippen LogP contribution in [0.3, 0.4) is 0 Å². The number of carbonyl (C=O) groups excluding carboxylic acids is 1. The van der Waals surface area contributed by atoms with Gasteiger partial charge in [0.1, 0.15) is 5.75 Å². The van der Waals surface area contributed by atoms with Gasteiger partial charge in [0, 0.05) is 6.54 Å². The summed E-state index contributed by atoms with van der Waals surface area (Å²) in [6.45, 7) is 5.42. The summed E-state index contributed by atoms with van der Waals surface area (Å²) in [5.41, 5.74) is 0.624. The van der Waals surface area contributed by atoms with E-state index in [1.807, 2.05) is 26.0 Å². The van der Waals surface area contributed by atoms with Crippen LogP contribution in [0.15, 0.2) is 24.3 Å². The second kappa shape index (κ2) is 8.97. The molecular weight excluding hydrogens is 272 g/mol. The van der Waals surface area contributed by atoms with Crippen LogP contribution in [0, 0.1) is 0 Å². The van der Waals surface area contributed by atoms with Crippen LogP contribution in [0.25, 0.3) is 0 Å². The summed E-state index contributed by atoms with van der Waals surface area (Å²) in [7, 11) is 0. The first-order valence-corrected chi connectivity index (χ1v) is 7.02. The number of amides is 1. The van der Waals surface area contributed by atoms with E-state index in [9.17, 15) is 9.59 Å². The van der Waals surface area contributed by atoms with Gasteiger partial charge in [-0.2, -0.15) is 0 Å². The van der Waals surface area contributed by atoms with E-state index in [-0.39, 0.29) is 18.9 Å². The van der Waals surface area contributed by atoms with E-state index in [0.717, 1.165) is 0 Å². The number of nitrogens with zero attached hydrogens (tertiary/aromatic N) is 1. The van der Waals surface area contributed by atoms with Crippen LogP contribution >= 0.6 is 0 Å². The minimum atomic E-state index is -0.865. The molecule has 0 atom stereocenters. The predicted octanol–water partition coefficient (Wildman–Crippen LogP) is 1.82. The standard InChI is InChI=1S/C15H22N2O4/c1-3-17(10-9-15(19)20)11-14(18)16-12-7-5-6-8-13(12)21-4-2/h5-8H,3-4,9-11H2,1-2H3,(H,16,18)(H,19,20). The van der Waals surface area contributed by atoms with Crippen molar-refractivity contribution < 1.29 is 19.4 Å². The van der Waals surface area contributed by atoms with Gasteiger partial charge in [-0.25, -0.2) is 0 Å². The number of carboxylic acid groups (broad SMARTS) is 1. The van der Waals surface area contributed by atoms with Crippen LogP contribution in [0.4, 0.5) is 5.69 Å². The number of likely N-dealkylation sites (N-methyl/N-ethyl adjacent to an activating group) is 1. The van der Waals surface area contributed by atoms with Crippen molar-refractivity contribution in [2.45, 2.75) is 20.3 Å². The molecule has 0 unspecified atom stereocenters. The molecule has 1 aromatic rings. The van der Waals surface area contributed by atoms with Crippen molar-refractivity contribution >= 4 is 17.6 Å². The van der Waals surface area contributed by atoms with Gasteiger partial charge in [-0.1, -0.05) is 19.1 Å². The molecule has 116 valence electrons. The lowest BCUT2D eigenvalue weighted by atomic mass is 10.3. The lowest BCUT2D eigenvalue weighted by Gasteiger charge is -2.19. The fourth-order valence-corrected chi connectivity index (χ4v) is 1.85. The number of para-hydroxylation sites is 2. The topological polar surface area (TPSA) is 78.9 Å². The van der Waals surface area contributed by atoms with Gasteiger partial charge in [0.05, 0.1) is 25.3 Å². The maximum atomic E-state index is 12.0. The van der Waals surface area contributed by atoms with Crippen molar-refractivity contribution in [3.63, 3.8) is 0 Å². The molecule has 0 heterocycles. The molecule has 1 aromatic carbocycles. The quantitative estimate of drug-likeness (QED) is 0.726. The van der Waals surface area contributed by atoms with Gasteiger partial charge < -0.3 is 15.2 Å². The average Bonchev–Trinajstić information content (AvgIpc) is 2.45. The maximum Gasteiger partial charge on any atom is 0.304 e. The fourth-order valence-electron chi connectivity index (χ4n) is 1.85. The number of ether oxygens (including phenoxy) is 1. The number of carbonyl (C=O) groups is 2. The number of rotatable bonds is 9. The van der Waals surface area contributed by atoms with Crippen LogP contribution in [-0.4, -0.2) is 48.1 Å². The third-order valence-corrected chi connectivity index (χ3v) is 2.92. The molecule has 0 aromatic heterocycles. The Morgan fingerprint density at radius 2 is 2.00 bits per heavy atom. The third kappa shape index (κ3) is 6.27. The van der Waals surface area contributed by atoms with Gasteiger partial charge in [-0.05, 0) is 25.6 Å². The third-order valence-electron chi connectivity index (χ3n) is 2.92. The Kier molecular flexibility index (Phi) is 7.25. The highest BCUT2D eigenvalue weighted by atomic mass is 16.5. The molecule has 0 radical (unpaired) electrons. The summed E-state index contributed by atoms with van der Waals surface area (Å²) < 4.78 is 5.44. The van der Waals surface area contributed by atoms with Gasteiger partial charge in [0.2, 0.25) is 5.91 Å². The molecule has 6 nitrogen and oxygen atoms in total. The van der Waals surface area contributed by atoms with Crippen LogP contribution in [0.2, 0.25) is 0 Å². The Morgan fingerprint density at radius 1 is 1.29 bits per heavy atom. The average molecular weight is 294 g/mol. The molecule has 0 saturated heterocycles. The van der Waals surface area contributed by atoms with Gasteiger partial charge in [-0.3, -0.25) is 14.5 Å². The van der Waals surface area contributed by atoms with Gasteiger partial charge in [0.15, 0.2) is 0 Å². The first-order chi connectivity index (χ1) is 10.1. The molecule has 0 spiro atoms. The van der Waals surface area contributed by atoms with Crippen molar-refractivity contribution in [1.82, 2.24) is 4.90 Å². The number of hydrogen-bond acceptors (Lipinski definition) is 4. The molecule has 0 aliphatic rings. The lowest BCUT2D eigenvalue weighted by Crippen LogP contribution is -2.34. The van der Waals surface area contributed by atoms with E-state index in [2.05, 4.69) is 5.32 Å². The summed E-state index contributed by atoms with van der Waals surface area (Å²) in [5, 5.41) is 11.5. The minimum Gasteiger partial charge on any atom is -0.492 e. The zero-order valence-electron chi connectivity index (χ0n) is 12.5. The number of hydrogen-bond donors (Lipinski definition) is 2. The molecule has 6 heteroatoms. The summed E-state index contributed by atoms with van der Waals surface area (Å²) in [5.74, 6) is -0.424. The van der Waals surface area contributed by atoms with Crippen molar-refractivity contribution in [2.75, 3.05) is 31.6 Å². The number of aliphatic carboxylic acids is 1. The molecule has 0 aliphatic heterocycles. The van der Waals surface area contributed by atoms with Gasteiger partial charge >= 0.3 is 5.97 Å². The number of benzene rings is 1. The zero-order chi connectivity index (χ0) is 15.7. The highest BCUT2D eigenvalue weighted by Gasteiger charge is 2.12. The van der Waals surface area contributed by atoms with Crippen LogP contribution < -0.4 is 10.1 Å². The summed E-state index contributed by atoms with van der Waals surface area (Å²) in [6.07, 6.45) is 0.0245. The molecule has 0 saturated carbocycles. The summed E-state index contributed by atoms with van der Waals surface area (Å²) >= 11 is 0. The molecule has 0 fully saturated rings. The minimum absolute atomic E-state index is 0.0245. The van der Waals surface area contributed by atoms with E-state index < -0.39 is 5.97 Å². The lowest BCUT2D eigenvalue weighted by molar-refractivity contribution is -0.137. The monoisotopic (exact) mass is 294 g/mol.